The minimum absolute atomic E-state index is 0.267. The summed E-state index contributed by atoms with van der Waals surface area (Å²) in [5, 5.41) is 3.05. The summed E-state index contributed by atoms with van der Waals surface area (Å²) in [5.74, 6) is 0.203. The van der Waals surface area contributed by atoms with E-state index in [9.17, 15) is 9.59 Å². The molecule has 0 saturated carbocycles. The van der Waals surface area contributed by atoms with E-state index < -0.39 is 18.5 Å². The molecule has 8 heteroatoms. The van der Waals surface area contributed by atoms with Crippen LogP contribution in [0.3, 0.4) is 0 Å². The Morgan fingerprint density at radius 2 is 1.82 bits per heavy atom. The number of nitrogens with zero attached hydrogens (tertiary/aromatic N) is 1. The van der Waals surface area contributed by atoms with Crippen LogP contribution in [0.15, 0.2) is 36.4 Å². The molecular formula is C20H20N2O5S. The van der Waals surface area contributed by atoms with Crippen LogP contribution in [0.2, 0.25) is 0 Å². The van der Waals surface area contributed by atoms with Gasteiger partial charge in [-0.15, -0.1) is 0 Å². The monoisotopic (exact) mass is 400 g/mol. The number of rotatable bonds is 7. The number of hydrogen-bond donors (Lipinski definition) is 1. The third-order valence-electron chi connectivity index (χ3n) is 4.04. The molecule has 2 aromatic carbocycles. The number of carbonyl (C=O) groups excluding carboxylic acids is 2. The lowest BCUT2D eigenvalue weighted by Gasteiger charge is -2.08. The maximum Gasteiger partial charge on any atom is 0.344 e. The summed E-state index contributed by atoms with van der Waals surface area (Å²) in [6.45, 7) is 3.28. The molecule has 0 unspecified atom stereocenters. The number of methoxy groups -OCH3 is 1. The number of nitrogens with one attached hydrogen (secondary N) is 1. The number of anilines is 1. The Hall–Kier alpha value is -3.13. The lowest BCUT2D eigenvalue weighted by atomic mass is 10.1. The van der Waals surface area contributed by atoms with Crippen LogP contribution in [0, 0.1) is 13.8 Å². The van der Waals surface area contributed by atoms with Gasteiger partial charge in [-0.2, -0.15) is 0 Å². The Bertz CT molecular complexity index is 1010. The molecule has 0 aliphatic carbocycles. The van der Waals surface area contributed by atoms with Gasteiger partial charge >= 0.3 is 5.97 Å². The van der Waals surface area contributed by atoms with E-state index in [0.29, 0.717) is 16.6 Å². The molecule has 28 heavy (non-hydrogen) atoms. The average molecular weight is 400 g/mol. The summed E-state index contributed by atoms with van der Waals surface area (Å²) >= 11 is 1.31. The fraction of sp³-hybridized carbons (Fsp3) is 0.250. The standard InChI is InChI=1S/C20H20N2O5S/c1-12-4-5-15(8-13(12)2)26-11-19(24)27-10-18(23)22-20-21-16-7-6-14(25-3)9-17(16)28-20/h4-9H,10-11H2,1-3H3,(H,21,22,23). The summed E-state index contributed by atoms with van der Waals surface area (Å²) < 4.78 is 16.4. The van der Waals surface area contributed by atoms with E-state index in [2.05, 4.69) is 10.3 Å². The predicted octanol–water partition coefficient (Wildman–Crippen LogP) is 3.48. The summed E-state index contributed by atoms with van der Waals surface area (Å²) in [6.07, 6.45) is 0. The molecule has 0 saturated heterocycles. The van der Waals surface area contributed by atoms with Crippen molar-refractivity contribution >= 4 is 38.6 Å². The van der Waals surface area contributed by atoms with E-state index in [0.717, 1.165) is 21.3 Å². The van der Waals surface area contributed by atoms with Crippen LogP contribution < -0.4 is 14.8 Å². The zero-order valence-corrected chi connectivity index (χ0v) is 16.6. The van der Waals surface area contributed by atoms with Crippen LogP contribution in [-0.4, -0.2) is 37.2 Å². The first kappa shape index (κ1) is 19.6. The maximum absolute atomic E-state index is 12.0. The second kappa shape index (κ2) is 8.71. The second-order valence-electron chi connectivity index (χ2n) is 6.10. The highest BCUT2D eigenvalue weighted by atomic mass is 32.1. The highest BCUT2D eigenvalue weighted by Gasteiger charge is 2.12. The number of benzene rings is 2. The van der Waals surface area contributed by atoms with Gasteiger partial charge in [0.05, 0.1) is 17.3 Å². The number of fused-ring (bicyclic) bond motifs is 1. The number of carbonyl (C=O) groups is 2. The molecule has 3 aromatic rings. The van der Waals surface area contributed by atoms with Gasteiger partial charge in [0, 0.05) is 0 Å². The number of amides is 1. The van der Waals surface area contributed by atoms with Gasteiger partial charge in [-0.3, -0.25) is 10.1 Å². The van der Waals surface area contributed by atoms with E-state index in [1.807, 2.05) is 38.1 Å². The first-order chi connectivity index (χ1) is 13.4. The number of aryl methyl sites for hydroxylation is 2. The van der Waals surface area contributed by atoms with Crippen molar-refractivity contribution in [3.63, 3.8) is 0 Å². The normalized spacial score (nSPS) is 10.5. The van der Waals surface area contributed by atoms with Crippen molar-refractivity contribution in [2.24, 2.45) is 0 Å². The van der Waals surface area contributed by atoms with Crippen LogP contribution in [0.1, 0.15) is 11.1 Å². The highest BCUT2D eigenvalue weighted by Crippen LogP contribution is 2.29. The number of ether oxygens (including phenoxy) is 3. The van der Waals surface area contributed by atoms with Crippen molar-refractivity contribution in [3.8, 4) is 11.5 Å². The molecule has 1 amide bonds. The first-order valence-corrected chi connectivity index (χ1v) is 9.36. The SMILES string of the molecule is COc1ccc2nc(NC(=O)COC(=O)COc3ccc(C)c(C)c3)sc2c1. The maximum atomic E-state index is 12.0. The topological polar surface area (TPSA) is 86.8 Å². The molecule has 0 fully saturated rings. The summed E-state index contributed by atoms with van der Waals surface area (Å²) in [6, 6.07) is 11.0. The molecule has 0 aliphatic rings. The van der Waals surface area contributed by atoms with E-state index in [1.54, 1.807) is 19.2 Å². The Morgan fingerprint density at radius 1 is 1.04 bits per heavy atom. The van der Waals surface area contributed by atoms with E-state index in [-0.39, 0.29) is 6.61 Å². The molecule has 0 radical (unpaired) electrons. The van der Waals surface area contributed by atoms with Gasteiger partial charge in [0.15, 0.2) is 18.3 Å². The molecule has 0 bridgehead atoms. The fourth-order valence-corrected chi connectivity index (χ4v) is 3.28. The van der Waals surface area contributed by atoms with Crippen molar-refractivity contribution in [1.29, 1.82) is 0 Å². The lowest BCUT2D eigenvalue weighted by Crippen LogP contribution is -2.23. The molecule has 1 N–H and O–H groups in total. The Kier molecular flexibility index (Phi) is 6.10. The zero-order valence-electron chi connectivity index (χ0n) is 15.8. The first-order valence-electron chi connectivity index (χ1n) is 8.54. The van der Waals surface area contributed by atoms with Gasteiger partial charge in [-0.05, 0) is 55.3 Å². The van der Waals surface area contributed by atoms with E-state index in [4.69, 9.17) is 14.2 Å². The molecule has 3 rings (SSSR count). The van der Waals surface area contributed by atoms with Gasteiger partial charge < -0.3 is 14.2 Å². The quantitative estimate of drug-likeness (QED) is 0.611. The molecule has 146 valence electrons. The van der Waals surface area contributed by atoms with Crippen molar-refractivity contribution in [3.05, 3.63) is 47.5 Å². The summed E-state index contributed by atoms with van der Waals surface area (Å²) in [4.78, 5) is 28.1. The Morgan fingerprint density at radius 3 is 2.57 bits per heavy atom. The number of thiazole rings is 1. The molecule has 0 aliphatic heterocycles. The third kappa shape index (κ3) is 4.98. The van der Waals surface area contributed by atoms with E-state index >= 15 is 0 Å². The van der Waals surface area contributed by atoms with Crippen LogP contribution in [0.25, 0.3) is 10.2 Å². The van der Waals surface area contributed by atoms with E-state index in [1.165, 1.54) is 11.3 Å². The minimum Gasteiger partial charge on any atom is -0.497 e. The lowest BCUT2D eigenvalue weighted by molar-refractivity contribution is -0.149. The Labute approximate surface area is 166 Å². The van der Waals surface area contributed by atoms with Crippen molar-refractivity contribution < 1.29 is 23.8 Å². The Balaban J connectivity index is 1.47. The molecule has 1 heterocycles. The van der Waals surface area contributed by atoms with Gasteiger partial charge in [-0.25, -0.2) is 9.78 Å². The number of hydrogen-bond acceptors (Lipinski definition) is 7. The van der Waals surface area contributed by atoms with Crippen molar-refractivity contribution in [2.45, 2.75) is 13.8 Å². The smallest absolute Gasteiger partial charge is 0.344 e. The van der Waals surface area contributed by atoms with Crippen LogP contribution in [-0.2, 0) is 14.3 Å². The van der Waals surface area contributed by atoms with Crippen molar-refractivity contribution in [1.82, 2.24) is 4.98 Å². The number of aromatic nitrogens is 1. The molecular weight excluding hydrogens is 380 g/mol. The largest absolute Gasteiger partial charge is 0.497 e. The minimum atomic E-state index is -0.623. The molecule has 0 atom stereocenters. The predicted molar refractivity (Wildman–Crippen MR) is 107 cm³/mol. The van der Waals surface area contributed by atoms with Gasteiger partial charge in [0.1, 0.15) is 11.5 Å². The van der Waals surface area contributed by atoms with Gasteiger partial charge in [0.2, 0.25) is 0 Å². The van der Waals surface area contributed by atoms with Crippen molar-refractivity contribution in [2.75, 3.05) is 25.6 Å². The highest BCUT2D eigenvalue weighted by molar-refractivity contribution is 7.22. The van der Waals surface area contributed by atoms with Gasteiger partial charge in [-0.1, -0.05) is 17.4 Å². The average Bonchev–Trinajstić information content (AvgIpc) is 3.08. The van der Waals surface area contributed by atoms with Crippen LogP contribution >= 0.6 is 11.3 Å². The van der Waals surface area contributed by atoms with Gasteiger partial charge in [0.25, 0.3) is 5.91 Å². The summed E-state index contributed by atoms with van der Waals surface area (Å²) in [5.41, 5.74) is 2.96. The number of esters is 1. The summed E-state index contributed by atoms with van der Waals surface area (Å²) in [7, 11) is 1.59. The van der Waals surface area contributed by atoms with Crippen LogP contribution in [0.4, 0.5) is 5.13 Å². The molecule has 7 nitrogen and oxygen atoms in total. The molecule has 0 spiro atoms. The van der Waals surface area contributed by atoms with Crippen LogP contribution in [0.5, 0.6) is 11.5 Å². The second-order valence-corrected chi connectivity index (χ2v) is 7.13. The fourth-order valence-electron chi connectivity index (χ4n) is 2.37. The zero-order chi connectivity index (χ0) is 20.1. The molecule has 1 aromatic heterocycles. The third-order valence-corrected chi connectivity index (χ3v) is 4.97.